The predicted molar refractivity (Wildman–Crippen MR) is 107 cm³/mol. The Morgan fingerprint density at radius 2 is 2.04 bits per heavy atom. The maximum atomic E-state index is 12.1. The molecule has 1 saturated heterocycles. The molecular weight excluding hydrogens is 358 g/mol. The van der Waals surface area contributed by atoms with E-state index in [1.807, 2.05) is 27.7 Å². The number of aromatic nitrogens is 3. The maximum Gasteiger partial charge on any atom is 0.410 e. The molecule has 2 aliphatic rings. The van der Waals surface area contributed by atoms with E-state index in [9.17, 15) is 4.79 Å². The third kappa shape index (κ3) is 5.36. The number of nitrogens with zero attached hydrogens (tertiary/aromatic N) is 5. The standard InChI is InChI=1S/C19H33N7O2/c1-5-20-17(22-14-12-25(13-14)18(27)28-19(2,3)4)21-11-16-24-23-15-9-7-6-8-10-26(15)16/h14H,5-13H2,1-4H3,(H2,20,21,22). The van der Waals surface area contributed by atoms with Crippen molar-refractivity contribution in [1.82, 2.24) is 30.3 Å². The zero-order valence-electron chi connectivity index (χ0n) is 17.5. The first-order chi connectivity index (χ1) is 13.4. The molecule has 0 bridgehead atoms. The van der Waals surface area contributed by atoms with Gasteiger partial charge in [0.1, 0.15) is 18.0 Å². The molecule has 0 radical (unpaired) electrons. The Labute approximate surface area is 166 Å². The minimum Gasteiger partial charge on any atom is -0.444 e. The molecular formula is C19H33N7O2. The molecule has 28 heavy (non-hydrogen) atoms. The molecule has 0 atom stereocenters. The highest BCUT2D eigenvalue weighted by Crippen LogP contribution is 2.16. The van der Waals surface area contributed by atoms with Gasteiger partial charge in [-0.15, -0.1) is 10.2 Å². The van der Waals surface area contributed by atoms with Crippen LogP contribution in [0.3, 0.4) is 0 Å². The van der Waals surface area contributed by atoms with Gasteiger partial charge in [0.15, 0.2) is 11.8 Å². The minimum atomic E-state index is -0.470. The number of fused-ring (bicyclic) bond motifs is 1. The molecule has 2 aliphatic heterocycles. The van der Waals surface area contributed by atoms with E-state index in [1.165, 1.54) is 19.3 Å². The van der Waals surface area contributed by atoms with Crippen molar-refractivity contribution < 1.29 is 9.53 Å². The van der Waals surface area contributed by atoms with Crippen molar-refractivity contribution in [3.8, 4) is 0 Å². The first-order valence-corrected chi connectivity index (χ1v) is 10.3. The molecule has 0 aromatic carbocycles. The maximum absolute atomic E-state index is 12.1. The van der Waals surface area contributed by atoms with E-state index in [4.69, 9.17) is 4.74 Å². The van der Waals surface area contributed by atoms with E-state index in [2.05, 4.69) is 30.4 Å². The van der Waals surface area contributed by atoms with Crippen LogP contribution in [-0.2, 0) is 24.2 Å². The van der Waals surface area contributed by atoms with Crippen molar-refractivity contribution in [2.75, 3.05) is 19.6 Å². The fourth-order valence-electron chi connectivity index (χ4n) is 3.37. The number of amides is 1. The lowest BCUT2D eigenvalue weighted by Gasteiger charge is -2.40. The molecule has 0 aliphatic carbocycles. The second kappa shape index (κ2) is 8.79. The van der Waals surface area contributed by atoms with E-state index in [0.29, 0.717) is 19.6 Å². The Morgan fingerprint density at radius 3 is 2.75 bits per heavy atom. The van der Waals surface area contributed by atoms with Crippen molar-refractivity contribution >= 4 is 12.1 Å². The molecule has 9 nitrogen and oxygen atoms in total. The van der Waals surface area contributed by atoms with Gasteiger partial charge in [0.2, 0.25) is 0 Å². The summed E-state index contributed by atoms with van der Waals surface area (Å²) in [5, 5.41) is 15.3. The Balaban J connectivity index is 1.53. The fourth-order valence-corrected chi connectivity index (χ4v) is 3.37. The number of rotatable bonds is 4. The highest BCUT2D eigenvalue weighted by Gasteiger charge is 2.34. The topological polar surface area (TPSA) is 96.7 Å². The number of likely N-dealkylation sites (tertiary alicyclic amines) is 1. The van der Waals surface area contributed by atoms with Crippen LogP contribution in [0.2, 0.25) is 0 Å². The molecule has 0 saturated carbocycles. The summed E-state index contributed by atoms with van der Waals surface area (Å²) in [6.07, 6.45) is 4.33. The van der Waals surface area contributed by atoms with Gasteiger partial charge in [-0.1, -0.05) is 6.42 Å². The van der Waals surface area contributed by atoms with Crippen LogP contribution in [0.25, 0.3) is 0 Å². The van der Waals surface area contributed by atoms with Crippen LogP contribution in [0.5, 0.6) is 0 Å². The molecule has 0 unspecified atom stereocenters. The number of nitrogens with one attached hydrogen (secondary N) is 2. The average molecular weight is 392 g/mol. The van der Waals surface area contributed by atoms with E-state index >= 15 is 0 Å². The quantitative estimate of drug-likeness (QED) is 0.599. The van der Waals surface area contributed by atoms with Gasteiger partial charge in [-0.05, 0) is 40.5 Å². The molecule has 3 rings (SSSR count). The highest BCUT2D eigenvalue weighted by molar-refractivity contribution is 5.80. The summed E-state index contributed by atoms with van der Waals surface area (Å²) in [5.41, 5.74) is -0.470. The van der Waals surface area contributed by atoms with E-state index in [1.54, 1.807) is 4.90 Å². The summed E-state index contributed by atoms with van der Waals surface area (Å²) >= 11 is 0. The number of aryl methyl sites for hydroxylation is 1. The molecule has 9 heteroatoms. The van der Waals surface area contributed by atoms with Crippen LogP contribution >= 0.6 is 0 Å². The number of hydrogen-bond donors (Lipinski definition) is 2. The van der Waals surface area contributed by atoms with Crippen LogP contribution in [0.4, 0.5) is 4.79 Å². The van der Waals surface area contributed by atoms with Crippen molar-refractivity contribution in [3.05, 3.63) is 11.6 Å². The largest absolute Gasteiger partial charge is 0.444 e. The summed E-state index contributed by atoms with van der Waals surface area (Å²) in [6.45, 7) is 11.1. The Bertz CT molecular complexity index is 702. The normalized spacial score (nSPS) is 18.1. The summed E-state index contributed by atoms with van der Waals surface area (Å²) in [4.78, 5) is 18.4. The lowest BCUT2D eigenvalue weighted by molar-refractivity contribution is 0.00701. The third-order valence-corrected chi connectivity index (χ3v) is 4.78. The molecule has 3 heterocycles. The van der Waals surface area contributed by atoms with Gasteiger partial charge >= 0.3 is 6.09 Å². The molecule has 1 fully saturated rings. The van der Waals surface area contributed by atoms with Crippen molar-refractivity contribution in [2.24, 2.45) is 4.99 Å². The molecule has 1 amide bonds. The summed E-state index contributed by atoms with van der Waals surface area (Å²) in [7, 11) is 0. The van der Waals surface area contributed by atoms with Gasteiger partial charge in [-0.2, -0.15) is 0 Å². The second-order valence-corrected chi connectivity index (χ2v) is 8.42. The summed E-state index contributed by atoms with van der Waals surface area (Å²) < 4.78 is 7.61. The molecule has 156 valence electrons. The number of ether oxygens (including phenoxy) is 1. The fraction of sp³-hybridized carbons (Fsp3) is 0.789. The number of guanidine groups is 1. The lowest BCUT2D eigenvalue weighted by atomic mass is 10.1. The number of carbonyl (C=O) groups is 1. The van der Waals surface area contributed by atoms with Gasteiger partial charge in [0.05, 0.1) is 6.04 Å². The van der Waals surface area contributed by atoms with Crippen molar-refractivity contribution in [2.45, 2.75) is 78.1 Å². The van der Waals surface area contributed by atoms with Crippen LogP contribution in [0.15, 0.2) is 4.99 Å². The minimum absolute atomic E-state index is 0.167. The monoisotopic (exact) mass is 391 g/mol. The van der Waals surface area contributed by atoms with Gasteiger partial charge in [-0.3, -0.25) is 0 Å². The smallest absolute Gasteiger partial charge is 0.410 e. The predicted octanol–water partition coefficient (Wildman–Crippen LogP) is 1.68. The van der Waals surface area contributed by atoms with Crippen LogP contribution in [0.1, 0.15) is 58.6 Å². The highest BCUT2D eigenvalue weighted by atomic mass is 16.6. The van der Waals surface area contributed by atoms with Gasteiger partial charge < -0.3 is 24.8 Å². The molecule has 2 N–H and O–H groups in total. The number of aliphatic imine (C=N–C) groups is 1. The van der Waals surface area contributed by atoms with Gasteiger partial charge in [0.25, 0.3) is 0 Å². The SMILES string of the molecule is CCNC(=NCc1nnc2n1CCCCC2)NC1CN(C(=O)OC(C)(C)C)C1. The van der Waals surface area contributed by atoms with E-state index < -0.39 is 5.60 Å². The van der Waals surface area contributed by atoms with E-state index in [-0.39, 0.29) is 12.1 Å². The summed E-state index contributed by atoms with van der Waals surface area (Å²) in [5.74, 6) is 2.73. The Hall–Kier alpha value is -2.32. The number of carbonyl (C=O) groups excluding carboxylic acids is 1. The van der Waals surface area contributed by atoms with Crippen LogP contribution in [-0.4, -0.2) is 63.0 Å². The molecule has 1 aromatic heterocycles. The first kappa shape index (κ1) is 20.4. The van der Waals surface area contributed by atoms with Crippen LogP contribution < -0.4 is 10.6 Å². The lowest BCUT2D eigenvalue weighted by Crippen LogP contribution is -2.63. The third-order valence-electron chi connectivity index (χ3n) is 4.78. The first-order valence-electron chi connectivity index (χ1n) is 10.3. The Kier molecular flexibility index (Phi) is 6.41. The van der Waals surface area contributed by atoms with Gasteiger partial charge in [-0.25, -0.2) is 9.79 Å². The zero-order chi connectivity index (χ0) is 20.1. The second-order valence-electron chi connectivity index (χ2n) is 8.42. The zero-order valence-corrected chi connectivity index (χ0v) is 17.5. The van der Waals surface area contributed by atoms with Crippen molar-refractivity contribution in [3.63, 3.8) is 0 Å². The van der Waals surface area contributed by atoms with Gasteiger partial charge in [0, 0.05) is 32.6 Å². The Morgan fingerprint density at radius 1 is 1.25 bits per heavy atom. The van der Waals surface area contributed by atoms with E-state index in [0.717, 1.165) is 37.1 Å². The van der Waals surface area contributed by atoms with Crippen molar-refractivity contribution in [1.29, 1.82) is 0 Å². The molecule has 0 spiro atoms. The average Bonchev–Trinajstić information content (AvgIpc) is 2.80. The molecule has 1 aromatic rings. The van der Waals surface area contributed by atoms with Crippen LogP contribution in [0, 0.1) is 0 Å². The summed E-state index contributed by atoms with van der Waals surface area (Å²) in [6, 6.07) is 0.167. The number of hydrogen-bond acceptors (Lipinski definition) is 5.